The first kappa shape index (κ1) is 11.2. The van der Waals surface area contributed by atoms with Crippen LogP contribution in [0.25, 0.3) is 0 Å². The molecule has 0 spiro atoms. The van der Waals surface area contributed by atoms with Gasteiger partial charge in [0.15, 0.2) is 0 Å². The third-order valence-electron chi connectivity index (χ3n) is 1.64. The molecule has 0 atom stereocenters. The lowest BCUT2D eigenvalue weighted by Gasteiger charge is -1.94. The average Bonchev–Trinajstić information content (AvgIpc) is 2.20. The van der Waals surface area contributed by atoms with Gasteiger partial charge in [-0.3, -0.25) is 4.79 Å². The number of aryl methyl sites for hydroxylation is 1. The van der Waals surface area contributed by atoms with Crippen LogP contribution in [0.4, 0.5) is 0 Å². The SMILES string of the molecule is CC(=O)NCCC#Cc1cnc(C)nc1. The highest BCUT2D eigenvalue weighted by molar-refractivity contribution is 5.72. The topological polar surface area (TPSA) is 54.9 Å². The second-order valence-corrected chi connectivity index (χ2v) is 3.05. The minimum atomic E-state index is -0.0320. The monoisotopic (exact) mass is 203 g/mol. The summed E-state index contributed by atoms with van der Waals surface area (Å²) in [5.74, 6) is 6.55. The van der Waals surface area contributed by atoms with Crippen LogP contribution in [0.2, 0.25) is 0 Å². The molecule has 0 aliphatic rings. The summed E-state index contributed by atoms with van der Waals surface area (Å²) in [6, 6.07) is 0. The molecule has 1 rings (SSSR count). The highest BCUT2D eigenvalue weighted by Crippen LogP contribution is 1.92. The highest BCUT2D eigenvalue weighted by Gasteiger charge is 1.89. The number of carbonyl (C=O) groups excluding carboxylic acids is 1. The van der Waals surface area contributed by atoms with Crippen molar-refractivity contribution in [2.45, 2.75) is 20.3 Å². The van der Waals surface area contributed by atoms with Crippen LogP contribution in [0, 0.1) is 18.8 Å². The maximum absolute atomic E-state index is 10.5. The summed E-state index contributed by atoms with van der Waals surface area (Å²) in [5, 5.41) is 2.67. The van der Waals surface area contributed by atoms with Gasteiger partial charge < -0.3 is 5.32 Å². The summed E-state index contributed by atoms with van der Waals surface area (Å²) in [7, 11) is 0. The Bertz CT molecular complexity index is 387. The molecule has 0 radical (unpaired) electrons. The minimum absolute atomic E-state index is 0.0320. The second-order valence-electron chi connectivity index (χ2n) is 3.05. The highest BCUT2D eigenvalue weighted by atomic mass is 16.1. The van der Waals surface area contributed by atoms with E-state index in [4.69, 9.17) is 0 Å². The van der Waals surface area contributed by atoms with Gasteiger partial charge in [0.25, 0.3) is 0 Å². The summed E-state index contributed by atoms with van der Waals surface area (Å²) < 4.78 is 0. The molecule has 0 saturated carbocycles. The molecule has 0 saturated heterocycles. The molecule has 1 aromatic rings. The minimum Gasteiger partial charge on any atom is -0.355 e. The van der Waals surface area contributed by atoms with Crippen molar-refractivity contribution in [1.29, 1.82) is 0 Å². The fourth-order valence-corrected chi connectivity index (χ4v) is 0.923. The zero-order valence-electron chi connectivity index (χ0n) is 8.87. The van der Waals surface area contributed by atoms with E-state index in [9.17, 15) is 4.79 Å². The molecule has 4 nitrogen and oxygen atoms in total. The Hall–Kier alpha value is -1.89. The van der Waals surface area contributed by atoms with Crippen LogP contribution in [0.5, 0.6) is 0 Å². The normalized spacial score (nSPS) is 8.93. The van der Waals surface area contributed by atoms with Crippen molar-refractivity contribution < 1.29 is 4.79 Å². The van der Waals surface area contributed by atoms with Gasteiger partial charge in [0.05, 0.1) is 5.56 Å². The zero-order chi connectivity index (χ0) is 11.1. The maximum atomic E-state index is 10.5. The van der Waals surface area contributed by atoms with Crippen molar-refractivity contribution in [2.75, 3.05) is 6.54 Å². The van der Waals surface area contributed by atoms with Crippen molar-refractivity contribution in [2.24, 2.45) is 0 Å². The number of nitrogens with zero attached hydrogens (tertiary/aromatic N) is 2. The van der Waals surface area contributed by atoms with E-state index in [-0.39, 0.29) is 5.91 Å². The number of rotatable bonds is 2. The van der Waals surface area contributed by atoms with Crippen LogP contribution in [0.1, 0.15) is 24.7 Å². The molecule has 78 valence electrons. The number of aromatic nitrogens is 2. The number of hydrogen-bond acceptors (Lipinski definition) is 3. The van der Waals surface area contributed by atoms with E-state index < -0.39 is 0 Å². The predicted octanol–water partition coefficient (Wildman–Crippen LogP) is 0.663. The molecule has 0 aliphatic heterocycles. The van der Waals surface area contributed by atoms with E-state index in [0.717, 1.165) is 11.4 Å². The van der Waals surface area contributed by atoms with Crippen molar-refractivity contribution in [1.82, 2.24) is 15.3 Å². The van der Waals surface area contributed by atoms with Gasteiger partial charge in [-0.05, 0) is 6.92 Å². The molecule has 4 heteroatoms. The van der Waals surface area contributed by atoms with Crippen LogP contribution in [-0.4, -0.2) is 22.4 Å². The predicted molar refractivity (Wildman–Crippen MR) is 56.9 cm³/mol. The number of carbonyl (C=O) groups is 1. The molecule has 0 bridgehead atoms. The van der Waals surface area contributed by atoms with E-state index in [0.29, 0.717) is 13.0 Å². The zero-order valence-corrected chi connectivity index (χ0v) is 8.87. The lowest BCUT2D eigenvalue weighted by molar-refractivity contribution is -0.118. The van der Waals surface area contributed by atoms with E-state index in [2.05, 4.69) is 27.1 Å². The lowest BCUT2D eigenvalue weighted by atomic mass is 10.3. The van der Waals surface area contributed by atoms with Crippen LogP contribution in [0.3, 0.4) is 0 Å². The smallest absolute Gasteiger partial charge is 0.216 e. The molecule has 0 fully saturated rings. The molecular weight excluding hydrogens is 190 g/mol. The molecule has 1 aromatic heterocycles. The molecule has 0 aromatic carbocycles. The summed E-state index contributed by atoms with van der Waals surface area (Å²) in [6.07, 6.45) is 4.01. The third kappa shape index (κ3) is 4.77. The average molecular weight is 203 g/mol. The van der Waals surface area contributed by atoms with Gasteiger partial charge in [-0.25, -0.2) is 9.97 Å². The van der Waals surface area contributed by atoms with Crippen molar-refractivity contribution >= 4 is 5.91 Å². The molecule has 1 amide bonds. The van der Waals surface area contributed by atoms with Crippen LogP contribution >= 0.6 is 0 Å². The van der Waals surface area contributed by atoms with Gasteiger partial charge in [-0.15, -0.1) is 0 Å². The Morgan fingerprint density at radius 3 is 2.73 bits per heavy atom. The van der Waals surface area contributed by atoms with Crippen molar-refractivity contribution in [3.8, 4) is 11.8 Å². The van der Waals surface area contributed by atoms with Crippen molar-refractivity contribution in [3.05, 3.63) is 23.8 Å². The maximum Gasteiger partial charge on any atom is 0.216 e. The molecule has 0 unspecified atom stereocenters. The van der Waals surface area contributed by atoms with Crippen LogP contribution in [-0.2, 0) is 4.79 Å². The summed E-state index contributed by atoms with van der Waals surface area (Å²) in [6.45, 7) is 3.89. The van der Waals surface area contributed by atoms with Crippen LogP contribution < -0.4 is 5.32 Å². The second kappa shape index (κ2) is 5.76. The lowest BCUT2D eigenvalue weighted by Crippen LogP contribution is -2.20. The van der Waals surface area contributed by atoms with Gasteiger partial charge in [0.2, 0.25) is 5.91 Å². The van der Waals surface area contributed by atoms with Crippen LogP contribution in [0.15, 0.2) is 12.4 Å². The van der Waals surface area contributed by atoms with Gasteiger partial charge in [0, 0.05) is 32.3 Å². The quantitative estimate of drug-likeness (QED) is 0.567. The Labute approximate surface area is 89.1 Å². The molecular formula is C11H13N3O. The summed E-state index contributed by atoms with van der Waals surface area (Å²) in [5.41, 5.74) is 0.795. The molecule has 1 N–H and O–H groups in total. The largest absolute Gasteiger partial charge is 0.355 e. The Balaban J connectivity index is 2.38. The number of nitrogens with one attached hydrogen (secondary N) is 1. The Morgan fingerprint density at radius 2 is 2.13 bits per heavy atom. The van der Waals surface area contributed by atoms with E-state index >= 15 is 0 Å². The van der Waals surface area contributed by atoms with E-state index in [1.54, 1.807) is 12.4 Å². The fraction of sp³-hybridized carbons (Fsp3) is 0.364. The fourth-order valence-electron chi connectivity index (χ4n) is 0.923. The Morgan fingerprint density at radius 1 is 1.47 bits per heavy atom. The third-order valence-corrected chi connectivity index (χ3v) is 1.64. The number of amides is 1. The van der Waals surface area contributed by atoms with Gasteiger partial charge in [0.1, 0.15) is 5.82 Å². The first-order chi connectivity index (χ1) is 7.18. The van der Waals surface area contributed by atoms with E-state index in [1.807, 2.05) is 6.92 Å². The van der Waals surface area contributed by atoms with Crippen molar-refractivity contribution in [3.63, 3.8) is 0 Å². The first-order valence-electron chi connectivity index (χ1n) is 4.70. The standard InChI is InChI=1S/C11H13N3O/c1-9-13-7-11(8-14-9)5-3-4-6-12-10(2)15/h7-8H,4,6H2,1-2H3,(H,12,15). The Kier molecular flexibility index (Phi) is 4.30. The first-order valence-corrected chi connectivity index (χ1v) is 4.70. The summed E-state index contributed by atoms with van der Waals surface area (Å²) >= 11 is 0. The summed E-state index contributed by atoms with van der Waals surface area (Å²) in [4.78, 5) is 18.6. The van der Waals surface area contributed by atoms with Gasteiger partial charge in [-0.1, -0.05) is 11.8 Å². The molecule has 1 heterocycles. The molecule has 15 heavy (non-hydrogen) atoms. The molecule has 0 aliphatic carbocycles. The van der Waals surface area contributed by atoms with Gasteiger partial charge in [-0.2, -0.15) is 0 Å². The van der Waals surface area contributed by atoms with Gasteiger partial charge >= 0.3 is 0 Å². The van der Waals surface area contributed by atoms with E-state index in [1.165, 1.54) is 6.92 Å². The number of hydrogen-bond donors (Lipinski definition) is 1.